The van der Waals surface area contributed by atoms with Crippen molar-refractivity contribution in [2.45, 2.75) is 84.7 Å². The van der Waals surface area contributed by atoms with E-state index in [1.54, 1.807) is 6.07 Å². The van der Waals surface area contributed by atoms with Crippen LogP contribution in [0.4, 0.5) is 4.39 Å². The van der Waals surface area contributed by atoms with E-state index in [0.717, 1.165) is 40.8 Å². The zero-order valence-corrected chi connectivity index (χ0v) is 25.6. The molecule has 1 N–H and O–H groups in total. The molecule has 1 aromatic heterocycles. The van der Waals surface area contributed by atoms with Gasteiger partial charge in [0.2, 0.25) is 5.88 Å². The van der Waals surface area contributed by atoms with Crippen LogP contribution >= 0.6 is 8.25 Å². The molecule has 3 aromatic rings. The monoisotopic (exact) mass is 583 g/mol. The lowest BCUT2D eigenvalue weighted by Crippen LogP contribution is -2.36. The average molecular weight is 584 g/mol. The molecule has 1 heterocycles. The van der Waals surface area contributed by atoms with Crippen LogP contribution in [0.2, 0.25) is 0 Å². The predicted molar refractivity (Wildman–Crippen MR) is 159 cm³/mol. The first-order valence-electron chi connectivity index (χ1n) is 14.2. The SMILES string of the molecule is COc1cc(-c2ccc(COc3cccc(C(C4CC4)C(C)O[P+](=O)O)c3)cc2CN(C(C)C)C(C)C)c(F)cn1. The second-order valence-corrected chi connectivity index (χ2v) is 12.0. The van der Waals surface area contributed by atoms with Gasteiger partial charge in [0.25, 0.3) is 0 Å². The van der Waals surface area contributed by atoms with Crippen molar-refractivity contribution in [2.24, 2.45) is 5.92 Å². The molecule has 0 saturated heterocycles. The normalized spacial score (nSPS) is 15.3. The van der Waals surface area contributed by atoms with E-state index >= 15 is 0 Å². The maximum Gasteiger partial charge on any atom is 0.695 e. The summed E-state index contributed by atoms with van der Waals surface area (Å²) in [5.41, 5.74) is 4.25. The molecule has 3 atom stereocenters. The molecule has 1 fully saturated rings. The van der Waals surface area contributed by atoms with E-state index in [9.17, 15) is 13.8 Å². The molecule has 7 nitrogen and oxygen atoms in total. The van der Waals surface area contributed by atoms with Gasteiger partial charge in [0.15, 0.2) is 0 Å². The standard InChI is InChI=1S/C32H40FN2O5P/c1-20(2)35(21(3)4)18-26-14-23(10-13-28(26)29-16-31(38-6)34-17-30(29)33)19-39-27-9-7-8-25(15-27)32(24-11-12-24)22(5)40-41(36)37/h7-10,13-17,20-22,24,32H,11-12,18-19H2,1-6H3/p+1. The summed E-state index contributed by atoms with van der Waals surface area (Å²) in [6.07, 6.45) is 2.98. The van der Waals surface area contributed by atoms with Gasteiger partial charge in [-0.3, -0.25) is 4.90 Å². The second kappa shape index (κ2) is 13.8. The third-order valence-corrected chi connectivity index (χ3v) is 8.23. The lowest BCUT2D eigenvalue weighted by Gasteiger charge is -2.31. The quantitative estimate of drug-likeness (QED) is 0.195. The van der Waals surface area contributed by atoms with Crippen molar-refractivity contribution in [1.82, 2.24) is 9.88 Å². The smallest absolute Gasteiger partial charge is 0.489 e. The van der Waals surface area contributed by atoms with Crippen LogP contribution in [0.25, 0.3) is 11.1 Å². The van der Waals surface area contributed by atoms with Gasteiger partial charge in [-0.1, -0.05) is 30.3 Å². The zero-order valence-electron chi connectivity index (χ0n) is 24.7. The molecular weight excluding hydrogens is 542 g/mol. The third-order valence-electron chi connectivity index (χ3n) is 7.72. The second-order valence-electron chi connectivity index (χ2n) is 11.3. The largest absolute Gasteiger partial charge is 0.695 e. The summed E-state index contributed by atoms with van der Waals surface area (Å²) < 4.78 is 43.1. The van der Waals surface area contributed by atoms with E-state index in [1.165, 1.54) is 13.3 Å². The van der Waals surface area contributed by atoms with Crippen molar-refractivity contribution < 1.29 is 27.8 Å². The zero-order chi connectivity index (χ0) is 29.7. The summed E-state index contributed by atoms with van der Waals surface area (Å²) in [5, 5.41) is 0. The molecule has 1 aliphatic carbocycles. The minimum absolute atomic E-state index is 0.0286. The molecule has 41 heavy (non-hydrogen) atoms. The van der Waals surface area contributed by atoms with Crippen molar-refractivity contribution in [1.29, 1.82) is 0 Å². The molecule has 1 saturated carbocycles. The van der Waals surface area contributed by atoms with Crippen LogP contribution in [0.1, 0.15) is 70.1 Å². The predicted octanol–water partition coefficient (Wildman–Crippen LogP) is 7.64. The first kappa shape index (κ1) is 31.0. The van der Waals surface area contributed by atoms with Crippen LogP contribution in [-0.4, -0.2) is 40.1 Å². The Bertz CT molecular complexity index is 1340. The van der Waals surface area contributed by atoms with Crippen LogP contribution < -0.4 is 9.47 Å². The number of hydrogen-bond acceptors (Lipinski definition) is 6. The Hall–Kier alpha value is -2.90. The topological polar surface area (TPSA) is 81.1 Å². The highest BCUT2D eigenvalue weighted by molar-refractivity contribution is 7.32. The summed E-state index contributed by atoms with van der Waals surface area (Å²) in [6.45, 7) is 11.5. The molecule has 4 rings (SSSR count). The van der Waals surface area contributed by atoms with Gasteiger partial charge in [0.1, 0.15) is 24.3 Å². The summed E-state index contributed by atoms with van der Waals surface area (Å²) in [7, 11) is -1.14. The van der Waals surface area contributed by atoms with E-state index in [1.807, 2.05) is 43.3 Å². The van der Waals surface area contributed by atoms with E-state index in [2.05, 4.69) is 43.6 Å². The van der Waals surface area contributed by atoms with Gasteiger partial charge < -0.3 is 9.47 Å². The number of pyridine rings is 1. The average Bonchev–Trinajstić information content (AvgIpc) is 3.76. The molecule has 220 valence electrons. The Morgan fingerprint density at radius 3 is 2.41 bits per heavy atom. The molecule has 9 heteroatoms. The summed E-state index contributed by atoms with van der Waals surface area (Å²) in [5.74, 6) is 1.14. The molecule has 0 aliphatic heterocycles. The fourth-order valence-corrected chi connectivity index (χ4v) is 6.01. The van der Waals surface area contributed by atoms with Crippen molar-refractivity contribution in [3.8, 4) is 22.8 Å². The number of benzene rings is 2. The lowest BCUT2D eigenvalue weighted by atomic mass is 9.89. The van der Waals surface area contributed by atoms with Gasteiger partial charge in [0.05, 0.1) is 13.3 Å². The van der Waals surface area contributed by atoms with Gasteiger partial charge in [-0.15, -0.1) is 9.42 Å². The van der Waals surface area contributed by atoms with Gasteiger partial charge in [0, 0.05) is 40.7 Å². The number of ether oxygens (including phenoxy) is 2. The summed E-state index contributed by atoms with van der Waals surface area (Å²) >= 11 is 0. The van der Waals surface area contributed by atoms with Crippen LogP contribution in [0.3, 0.4) is 0 Å². The van der Waals surface area contributed by atoms with E-state index in [4.69, 9.17) is 14.0 Å². The molecule has 0 amide bonds. The lowest BCUT2D eigenvalue weighted by molar-refractivity contribution is 0.166. The van der Waals surface area contributed by atoms with E-state index in [-0.39, 0.29) is 12.0 Å². The van der Waals surface area contributed by atoms with Crippen molar-refractivity contribution >= 4 is 8.25 Å². The minimum Gasteiger partial charge on any atom is -0.489 e. The molecule has 1 aliphatic rings. The van der Waals surface area contributed by atoms with Crippen molar-refractivity contribution in [3.05, 3.63) is 77.2 Å². The van der Waals surface area contributed by atoms with Crippen LogP contribution in [0.15, 0.2) is 54.7 Å². The Labute approximate surface area is 243 Å². The fraction of sp³-hybridized carbons (Fsp3) is 0.469. The van der Waals surface area contributed by atoms with Gasteiger partial charge in [-0.25, -0.2) is 9.37 Å². The molecule has 0 bridgehead atoms. The Kier molecular flexibility index (Phi) is 10.5. The van der Waals surface area contributed by atoms with E-state index < -0.39 is 14.1 Å². The van der Waals surface area contributed by atoms with Crippen LogP contribution in [-0.2, 0) is 22.2 Å². The first-order valence-corrected chi connectivity index (χ1v) is 15.3. The number of nitrogens with zero attached hydrogens (tertiary/aromatic N) is 2. The molecule has 2 aromatic carbocycles. The fourth-order valence-electron chi connectivity index (χ4n) is 5.59. The number of aromatic nitrogens is 1. The minimum atomic E-state index is -2.67. The van der Waals surface area contributed by atoms with Gasteiger partial charge >= 0.3 is 8.25 Å². The van der Waals surface area contributed by atoms with Crippen LogP contribution in [0, 0.1) is 11.7 Å². The highest BCUT2D eigenvalue weighted by Crippen LogP contribution is 2.47. The first-order chi connectivity index (χ1) is 19.6. The Morgan fingerprint density at radius 2 is 1.78 bits per heavy atom. The highest BCUT2D eigenvalue weighted by atomic mass is 31.1. The number of halogens is 1. The highest BCUT2D eigenvalue weighted by Gasteiger charge is 2.40. The number of methoxy groups -OCH3 is 1. The van der Waals surface area contributed by atoms with Crippen LogP contribution in [0.5, 0.6) is 11.6 Å². The third kappa shape index (κ3) is 8.10. The molecule has 3 unspecified atom stereocenters. The van der Waals surface area contributed by atoms with Gasteiger partial charge in [-0.05, 0) is 87.8 Å². The number of rotatable bonds is 14. The summed E-state index contributed by atoms with van der Waals surface area (Å²) in [4.78, 5) is 15.7. The molecular formula is C32H41FN2O5P+. The van der Waals surface area contributed by atoms with E-state index in [0.29, 0.717) is 42.6 Å². The molecule has 0 radical (unpaired) electrons. The maximum absolute atomic E-state index is 15.0. The maximum atomic E-state index is 15.0. The Morgan fingerprint density at radius 1 is 1.05 bits per heavy atom. The van der Waals surface area contributed by atoms with Gasteiger partial charge in [-0.2, -0.15) is 0 Å². The molecule has 0 spiro atoms. The summed E-state index contributed by atoms with van der Waals surface area (Å²) in [6, 6.07) is 16.1. The Balaban J connectivity index is 1.60. The van der Waals surface area contributed by atoms with Crippen molar-refractivity contribution in [3.63, 3.8) is 0 Å². The van der Waals surface area contributed by atoms with Crippen molar-refractivity contribution in [2.75, 3.05) is 7.11 Å². The number of hydrogen-bond donors (Lipinski definition) is 1.